The predicted octanol–water partition coefficient (Wildman–Crippen LogP) is 5.14. The summed E-state index contributed by atoms with van der Waals surface area (Å²) in [4.78, 5) is 16.9. The number of hydrogen-bond donors (Lipinski definition) is 0. The van der Waals surface area contributed by atoms with Crippen molar-refractivity contribution in [3.8, 4) is 0 Å². The minimum absolute atomic E-state index is 0.120. The van der Waals surface area contributed by atoms with Crippen molar-refractivity contribution in [3.63, 3.8) is 0 Å². The summed E-state index contributed by atoms with van der Waals surface area (Å²) in [6, 6.07) is 25.1. The van der Waals surface area contributed by atoms with Gasteiger partial charge in [0.15, 0.2) is 0 Å². The van der Waals surface area contributed by atoms with E-state index in [0.29, 0.717) is 13.1 Å². The molecule has 1 atom stereocenters. The number of piperazine rings is 1. The van der Waals surface area contributed by atoms with Crippen molar-refractivity contribution in [3.05, 3.63) is 106 Å². The summed E-state index contributed by atoms with van der Waals surface area (Å²) >= 11 is 3.51. The maximum absolute atomic E-state index is 14.0. The molecule has 1 saturated heterocycles. The van der Waals surface area contributed by atoms with Crippen LogP contribution in [0, 0.1) is 5.82 Å². The molecule has 0 bridgehead atoms. The smallest absolute Gasteiger partial charge is 0.256 e. The normalized spacial score (nSPS) is 15.9. The number of nitrogens with zero attached hydrogens (tertiary/aromatic N) is 2. The second kappa shape index (κ2) is 8.89. The monoisotopic (exact) mass is 452 g/mol. The Hall–Kier alpha value is -2.50. The molecule has 1 heterocycles. The lowest BCUT2D eigenvalue weighted by atomic mass is 9.96. The van der Waals surface area contributed by atoms with E-state index in [1.165, 1.54) is 17.2 Å². The van der Waals surface area contributed by atoms with Crippen LogP contribution in [0.4, 0.5) is 4.39 Å². The zero-order valence-corrected chi connectivity index (χ0v) is 17.6. The zero-order valence-electron chi connectivity index (χ0n) is 16.0. The molecule has 148 valence electrons. The van der Waals surface area contributed by atoms with Crippen LogP contribution in [0.1, 0.15) is 27.5 Å². The lowest BCUT2D eigenvalue weighted by molar-refractivity contribution is 0.0593. The molecule has 3 aromatic rings. The fraction of sp³-hybridized carbons (Fsp3) is 0.208. The van der Waals surface area contributed by atoms with Gasteiger partial charge in [0, 0.05) is 30.7 Å². The highest BCUT2D eigenvalue weighted by Gasteiger charge is 2.29. The molecular weight excluding hydrogens is 431 g/mol. The number of rotatable bonds is 4. The first-order valence-corrected chi connectivity index (χ1v) is 10.5. The summed E-state index contributed by atoms with van der Waals surface area (Å²) in [5.41, 5.74) is 2.59. The van der Waals surface area contributed by atoms with E-state index in [1.807, 2.05) is 6.07 Å². The van der Waals surface area contributed by atoms with E-state index in [0.717, 1.165) is 17.6 Å². The second-order valence-electron chi connectivity index (χ2n) is 7.17. The highest BCUT2D eigenvalue weighted by molar-refractivity contribution is 9.10. The maximum Gasteiger partial charge on any atom is 0.256 e. The molecule has 1 unspecified atom stereocenters. The average Bonchev–Trinajstić information content (AvgIpc) is 2.76. The predicted molar refractivity (Wildman–Crippen MR) is 116 cm³/mol. The van der Waals surface area contributed by atoms with Gasteiger partial charge in [-0.25, -0.2) is 4.39 Å². The van der Waals surface area contributed by atoms with E-state index >= 15 is 0 Å². The van der Waals surface area contributed by atoms with Gasteiger partial charge < -0.3 is 4.90 Å². The topological polar surface area (TPSA) is 23.6 Å². The number of carbonyl (C=O) groups excluding carboxylic acids is 1. The number of carbonyl (C=O) groups is 1. The molecule has 1 aliphatic rings. The van der Waals surface area contributed by atoms with Crippen molar-refractivity contribution in [1.82, 2.24) is 9.80 Å². The quantitative estimate of drug-likeness (QED) is 0.547. The lowest BCUT2D eigenvalue weighted by Crippen LogP contribution is -2.50. The van der Waals surface area contributed by atoms with Crippen LogP contribution < -0.4 is 0 Å². The van der Waals surface area contributed by atoms with Crippen LogP contribution in [-0.4, -0.2) is 41.9 Å². The fourth-order valence-corrected chi connectivity index (χ4v) is 4.15. The van der Waals surface area contributed by atoms with Crippen molar-refractivity contribution >= 4 is 21.8 Å². The molecule has 0 saturated carbocycles. The molecule has 0 aliphatic carbocycles. The van der Waals surface area contributed by atoms with Crippen molar-refractivity contribution in [2.45, 2.75) is 6.04 Å². The van der Waals surface area contributed by atoms with Crippen LogP contribution >= 0.6 is 15.9 Å². The molecule has 3 nitrogen and oxygen atoms in total. The van der Waals surface area contributed by atoms with Crippen molar-refractivity contribution in [2.24, 2.45) is 0 Å². The summed E-state index contributed by atoms with van der Waals surface area (Å²) in [6.07, 6.45) is 0. The minimum atomic E-state index is -0.461. The lowest BCUT2D eigenvalue weighted by Gasteiger charge is -2.39. The molecule has 1 fully saturated rings. The summed E-state index contributed by atoms with van der Waals surface area (Å²) in [5.74, 6) is -0.695. The molecule has 29 heavy (non-hydrogen) atoms. The number of benzene rings is 3. The third-order valence-electron chi connectivity index (χ3n) is 5.37. The van der Waals surface area contributed by atoms with Gasteiger partial charge in [0.25, 0.3) is 5.91 Å². The Bertz CT molecular complexity index is 970. The van der Waals surface area contributed by atoms with Gasteiger partial charge in [-0.2, -0.15) is 0 Å². The molecule has 0 radical (unpaired) electrons. The summed E-state index contributed by atoms with van der Waals surface area (Å²) in [7, 11) is 0. The fourth-order valence-electron chi connectivity index (χ4n) is 3.88. The molecule has 3 aromatic carbocycles. The molecule has 0 aromatic heterocycles. The van der Waals surface area contributed by atoms with Gasteiger partial charge in [0.1, 0.15) is 5.82 Å². The highest BCUT2D eigenvalue weighted by Crippen LogP contribution is 2.30. The summed E-state index contributed by atoms with van der Waals surface area (Å²) in [5, 5.41) is 0. The standard InChI is InChI=1S/C24H22BrFN2O/c25-20-12-10-19(11-13-20)23(18-6-2-1-3-7-18)27-14-16-28(17-15-27)24(29)21-8-4-5-9-22(21)26/h1-13,23H,14-17H2. The zero-order chi connectivity index (χ0) is 20.2. The third-order valence-corrected chi connectivity index (χ3v) is 5.90. The van der Waals surface area contributed by atoms with Crippen LogP contribution in [0.25, 0.3) is 0 Å². The van der Waals surface area contributed by atoms with Crippen molar-refractivity contribution < 1.29 is 9.18 Å². The molecule has 1 amide bonds. The van der Waals surface area contributed by atoms with Gasteiger partial charge in [-0.05, 0) is 35.4 Å². The Kier molecular flexibility index (Phi) is 6.07. The van der Waals surface area contributed by atoms with E-state index < -0.39 is 5.82 Å². The molecule has 1 aliphatic heterocycles. The van der Waals surface area contributed by atoms with Gasteiger partial charge in [0.05, 0.1) is 11.6 Å². The number of halogens is 2. The van der Waals surface area contributed by atoms with E-state index in [1.54, 1.807) is 23.1 Å². The van der Waals surface area contributed by atoms with Gasteiger partial charge in [0.2, 0.25) is 0 Å². The third kappa shape index (κ3) is 4.41. The Morgan fingerprint density at radius 3 is 2.03 bits per heavy atom. The summed E-state index contributed by atoms with van der Waals surface area (Å²) in [6.45, 7) is 2.62. The Labute approximate surface area is 178 Å². The molecular formula is C24H22BrFN2O. The maximum atomic E-state index is 14.0. The van der Waals surface area contributed by atoms with Crippen LogP contribution in [0.15, 0.2) is 83.3 Å². The van der Waals surface area contributed by atoms with Crippen molar-refractivity contribution in [2.75, 3.05) is 26.2 Å². The first-order chi connectivity index (χ1) is 14.1. The SMILES string of the molecule is O=C(c1ccccc1F)N1CCN(C(c2ccccc2)c2ccc(Br)cc2)CC1. The molecule has 4 rings (SSSR count). The minimum Gasteiger partial charge on any atom is -0.336 e. The highest BCUT2D eigenvalue weighted by atomic mass is 79.9. The van der Waals surface area contributed by atoms with E-state index in [2.05, 4.69) is 69.4 Å². The van der Waals surface area contributed by atoms with E-state index in [4.69, 9.17) is 0 Å². The number of amides is 1. The van der Waals surface area contributed by atoms with Gasteiger partial charge in [-0.3, -0.25) is 9.69 Å². The second-order valence-corrected chi connectivity index (χ2v) is 8.09. The van der Waals surface area contributed by atoms with Gasteiger partial charge in [-0.1, -0.05) is 70.5 Å². The van der Waals surface area contributed by atoms with E-state index in [-0.39, 0.29) is 17.5 Å². The largest absolute Gasteiger partial charge is 0.336 e. The Balaban J connectivity index is 1.53. The first-order valence-electron chi connectivity index (χ1n) is 9.72. The van der Waals surface area contributed by atoms with Gasteiger partial charge >= 0.3 is 0 Å². The van der Waals surface area contributed by atoms with Crippen LogP contribution in [0.3, 0.4) is 0 Å². The number of hydrogen-bond acceptors (Lipinski definition) is 2. The Morgan fingerprint density at radius 1 is 0.793 bits per heavy atom. The van der Waals surface area contributed by atoms with Crippen LogP contribution in [0.5, 0.6) is 0 Å². The summed E-state index contributed by atoms with van der Waals surface area (Å²) < 4.78 is 15.1. The molecule has 0 N–H and O–H groups in total. The Morgan fingerprint density at radius 2 is 1.38 bits per heavy atom. The average molecular weight is 453 g/mol. The van der Waals surface area contributed by atoms with E-state index in [9.17, 15) is 9.18 Å². The van der Waals surface area contributed by atoms with Crippen LogP contribution in [0.2, 0.25) is 0 Å². The van der Waals surface area contributed by atoms with Crippen LogP contribution in [-0.2, 0) is 0 Å². The van der Waals surface area contributed by atoms with Gasteiger partial charge in [-0.15, -0.1) is 0 Å². The molecule has 5 heteroatoms. The first kappa shape index (κ1) is 19.8. The van der Waals surface area contributed by atoms with Crippen molar-refractivity contribution in [1.29, 1.82) is 0 Å². The molecule has 0 spiro atoms.